The number of amides is 1. The molecule has 0 aliphatic rings. The van der Waals surface area contributed by atoms with Crippen LogP contribution in [0.1, 0.15) is 26.3 Å². The van der Waals surface area contributed by atoms with Gasteiger partial charge in [0.2, 0.25) is 0 Å². The molecule has 1 amide bonds. The van der Waals surface area contributed by atoms with Gasteiger partial charge in [0, 0.05) is 23.6 Å². The van der Waals surface area contributed by atoms with Crippen molar-refractivity contribution in [1.29, 1.82) is 0 Å². The molecule has 0 saturated carbocycles. The van der Waals surface area contributed by atoms with Gasteiger partial charge in [0.15, 0.2) is 0 Å². The number of nitrogens with one attached hydrogen (secondary N) is 1. The van der Waals surface area contributed by atoms with Crippen molar-refractivity contribution in [2.45, 2.75) is 6.92 Å². The largest absolute Gasteiger partial charge is 0.478 e. The normalized spacial score (nSPS) is 10.8. The molecule has 2 heterocycles. The maximum absolute atomic E-state index is 12.5. The number of nitrogens with zero attached hydrogens (tertiary/aromatic N) is 2. The van der Waals surface area contributed by atoms with Gasteiger partial charge in [-0.2, -0.15) is 0 Å². The summed E-state index contributed by atoms with van der Waals surface area (Å²) in [6.07, 6.45) is 3.97. The van der Waals surface area contributed by atoms with E-state index in [1.54, 1.807) is 24.3 Å². The molecule has 2 aromatic carbocycles. The SMILES string of the molecule is Cc1ccc2nc(-c3ccc(NC(=O)c4ccccc4C(=O)O)cc3)cn2c1. The summed E-state index contributed by atoms with van der Waals surface area (Å²) >= 11 is 0. The topological polar surface area (TPSA) is 83.7 Å². The van der Waals surface area contributed by atoms with Gasteiger partial charge in [-0.3, -0.25) is 4.79 Å². The maximum atomic E-state index is 12.5. The number of aromatic carboxylic acids is 1. The summed E-state index contributed by atoms with van der Waals surface area (Å²) < 4.78 is 1.98. The van der Waals surface area contributed by atoms with Crippen LogP contribution in [-0.2, 0) is 0 Å². The Bertz CT molecular complexity index is 1190. The Balaban J connectivity index is 1.56. The lowest BCUT2D eigenvalue weighted by atomic mass is 10.1. The first-order valence-corrected chi connectivity index (χ1v) is 8.71. The molecular weight excluding hydrogens is 354 g/mol. The number of rotatable bonds is 4. The van der Waals surface area contributed by atoms with Gasteiger partial charge in [-0.15, -0.1) is 0 Å². The number of carboxylic acid groups (broad SMARTS) is 1. The van der Waals surface area contributed by atoms with Crippen molar-refractivity contribution in [3.8, 4) is 11.3 Å². The van der Waals surface area contributed by atoms with Crippen molar-refractivity contribution in [2.75, 3.05) is 5.32 Å². The molecule has 4 rings (SSSR count). The second-order valence-corrected chi connectivity index (χ2v) is 6.48. The van der Waals surface area contributed by atoms with Gasteiger partial charge in [0.1, 0.15) is 5.65 Å². The molecule has 0 aliphatic carbocycles. The zero-order chi connectivity index (χ0) is 19.7. The Morgan fingerprint density at radius 1 is 0.929 bits per heavy atom. The first-order chi connectivity index (χ1) is 13.5. The van der Waals surface area contributed by atoms with Crippen LogP contribution in [-0.4, -0.2) is 26.4 Å². The van der Waals surface area contributed by atoms with E-state index in [0.717, 1.165) is 22.5 Å². The minimum atomic E-state index is -1.14. The van der Waals surface area contributed by atoms with Crippen molar-refractivity contribution in [3.63, 3.8) is 0 Å². The van der Waals surface area contributed by atoms with Crippen LogP contribution >= 0.6 is 0 Å². The van der Waals surface area contributed by atoms with Gasteiger partial charge in [-0.25, -0.2) is 9.78 Å². The number of imidazole rings is 1. The molecule has 28 heavy (non-hydrogen) atoms. The van der Waals surface area contributed by atoms with Crippen molar-refractivity contribution in [2.24, 2.45) is 0 Å². The number of aryl methyl sites for hydroxylation is 1. The third-order valence-electron chi connectivity index (χ3n) is 4.44. The molecule has 0 spiro atoms. The molecular formula is C22H17N3O3. The Labute approximate surface area is 161 Å². The lowest BCUT2D eigenvalue weighted by Crippen LogP contribution is -2.16. The van der Waals surface area contributed by atoms with E-state index in [2.05, 4.69) is 10.3 Å². The second-order valence-electron chi connectivity index (χ2n) is 6.48. The quantitative estimate of drug-likeness (QED) is 0.561. The van der Waals surface area contributed by atoms with Gasteiger partial charge >= 0.3 is 5.97 Å². The third kappa shape index (κ3) is 3.35. The van der Waals surface area contributed by atoms with Gasteiger partial charge in [-0.1, -0.05) is 30.3 Å². The fourth-order valence-electron chi connectivity index (χ4n) is 3.03. The molecule has 6 heteroatoms. The first kappa shape index (κ1) is 17.5. The number of anilines is 1. The van der Waals surface area contributed by atoms with E-state index in [9.17, 15) is 14.7 Å². The van der Waals surface area contributed by atoms with E-state index in [4.69, 9.17) is 0 Å². The van der Waals surface area contributed by atoms with Gasteiger partial charge in [0.25, 0.3) is 5.91 Å². The van der Waals surface area contributed by atoms with Crippen LogP contribution in [0.4, 0.5) is 5.69 Å². The van der Waals surface area contributed by atoms with Crippen LogP contribution in [0.2, 0.25) is 0 Å². The zero-order valence-corrected chi connectivity index (χ0v) is 15.1. The average molecular weight is 371 g/mol. The molecule has 0 fully saturated rings. The fourth-order valence-corrected chi connectivity index (χ4v) is 3.03. The standard InChI is InChI=1S/C22H17N3O3/c1-14-6-11-20-24-19(13-25(20)12-14)15-7-9-16(10-8-15)23-21(26)17-4-2-3-5-18(17)22(27)28/h2-13H,1H3,(H,23,26)(H,27,28). The number of carbonyl (C=O) groups is 2. The Morgan fingerprint density at radius 2 is 1.64 bits per heavy atom. The smallest absolute Gasteiger partial charge is 0.336 e. The molecule has 0 radical (unpaired) electrons. The van der Waals surface area contributed by atoms with Crippen molar-refractivity contribution < 1.29 is 14.7 Å². The van der Waals surface area contributed by atoms with E-state index in [0.29, 0.717) is 5.69 Å². The van der Waals surface area contributed by atoms with E-state index in [1.165, 1.54) is 12.1 Å². The Morgan fingerprint density at radius 3 is 2.36 bits per heavy atom. The number of hydrogen-bond acceptors (Lipinski definition) is 3. The average Bonchev–Trinajstić information content (AvgIpc) is 3.11. The highest BCUT2D eigenvalue weighted by atomic mass is 16.4. The number of pyridine rings is 1. The number of fused-ring (bicyclic) bond motifs is 1. The summed E-state index contributed by atoms with van der Waals surface area (Å²) in [4.78, 5) is 28.3. The molecule has 2 aromatic heterocycles. The van der Waals surface area contributed by atoms with E-state index in [1.807, 2.05) is 48.0 Å². The number of aromatic nitrogens is 2. The van der Waals surface area contributed by atoms with Gasteiger partial charge in [0.05, 0.1) is 16.8 Å². The summed E-state index contributed by atoms with van der Waals surface area (Å²) in [5.74, 6) is -1.60. The van der Waals surface area contributed by atoms with E-state index in [-0.39, 0.29) is 11.1 Å². The number of carboxylic acids is 1. The van der Waals surface area contributed by atoms with Gasteiger partial charge in [-0.05, 0) is 42.8 Å². The predicted octanol–water partition coefficient (Wildman–Crippen LogP) is 4.26. The highest BCUT2D eigenvalue weighted by Gasteiger charge is 2.16. The highest BCUT2D eigenvalue weighted by Crippen LogP contribution is 2.22. The number of hydrogen-bond donors (Lipinski definition) is 2. The van der Waals surface area contributed by atoms with Crippen molar-refractivity contribution in [1.82, 2.24) is 9.38 Å². The molecule has 0 aliphatic heterocycles. The van der Waals surface area contributed by atoms with Crippen LogP contribution in [0.15, 0.2) is 73.1 Å². The Kier molecular flexibility index (Phi) is 4.37. The molecule has 2 N–H and O–H groups in total. The molecule has 138 valence electrons. The fraction of sp³-hybridized carbons (Fsp3) is 0.0455. The second kappa shape index (κ2) is 7.00. The molecule has 0 unspecified atom stereocenters. The molecule has 0 bridgehead atoms. The monoisotopic (exact) mass is 371 g/mol. The van der Waals surface area contributed by atoms with E-state index >= 15 is 0 Å². The lowest BCUT2D eigenvalue weighted by Gasteiger charge is -2.08. The number of benzene rings is 2. The van der Waals surface area contributed by atoms with E-state index < -0.39 is 11.9 Å². The van der Waals surface area contributed by atoms with Crippen LogP contribution in [0.5, 0.6) is 0 Å². The predicted molar refractivity (Wildman–Crippen MR) is 107 cm³/mol. The van der Waals surface area contributed by atoms with Crippen LogP contribution < -0.4 is 5.32 Å². The highest BCUT2D eigenvalue weighted by molar-refractivity contribution is 6.10. The minimum Gasteiger partial charge on any atom is -0.478 e. The molecule has 0 saturated heterocycles. The molecule has 0 atom stereocenters. The van der Waals surface area contributed by atoms with Crippen molar-refractivity contribution in [3.05, 3.63) is 89.7 Å². The first-order valence-electron chi connectivity index (χ1n) is 8.71. The molecule has 6 nitrogen and oxygen atoms in total. The lowest BCUT2D eigenvalue weighted by molar-refractivity contribution is 0.0692. The summed E-state index contributed by atoms with van der Waals surface area (Å²) in [6.45, 7) is 2.03. The van der Waals surface area contributed by atoms with Crippen LogP contribution in [0, 0.1) is 6.92 Å². The maximum Gasteiger partial charge on any atom is 0.336 e. The van der Waals surface area contributed by atoms with Crippen molar-refractivity contribution >= 4 is 23.2 Å². The van der Waals surface area contributed by atoms with Crippen LogP contribution in [0.3, 0.4) is 0 Å². The van der Waals surface area contributed by atoms with Crippen LogP contribution in [0.25, 0.3) is 16.9 Å². The summed E-state index contributed by atoms with van der Waals surface area (Å²) in [5.41, 5.74) is 4.43. The van der Waals surface area contributed by atoms with Gasteiger partial charge < -0.3 is 14.8 Å². The summed E-state index contributed by atoms with van der Waals surface area (Å²) in [5, 5.41) is 12.0. The molecule has 4 aromatic rings. The Hall–Kier alpha value is -3.93. The third-order valence-corrected chi connectivity index (χ3v) is 4.44. The summed E-state index contributed by atoms with van der Waals surface area (Å²) in [7, 11) is 0. The number of carbonyl (C=O) groups excluding carboxylic acids is 1. The summed E-state index contributed by atoms with van der Waals surface area (Å²) in [6, 6.07) is 17.4. The minimum absolute atomic E-state index is 0.0309. The zero-order valence-electron chi connectivity index (χ0n) is 15.1.